The van der Waals surface area contributed by atoms with Crippen LogP contribution in [0.3, 0.4) is 0 Å². The average molecular weight is 313 g/mol. The molecule has 0 atom stereocenters. The Morgan fingerprint density at radius 2 is 1.95 bits per heavy atom. The van der Waals surface area contributed by atoms with Gasteiger partial charge in [0.25, 0.3) is 0 Å². The molecule has 0 aliphatic heterocycles. The normalized spacial score (nSPS) is 18.2. The van der Waals surface area contributed by atoms with Crippen LogP contribution in [0.25, 0.3) is 0 Å². The van der Waals surface area contributed by atoms with Gasteiger partial charge in [-0.25, -0.2) is 0 Å². The molecule has 1 aliphatic rings. The van der Waals surface area contributed by atoms with Gasteiger partial charge in [-0.2, -0.15) is 0 Å². The Morgan fingerprint density at radius 1 is 1.27 bits per heavy atom. The molecule has 0 aromatic carbocycles. The van der Waals surface area contributed by atoms with E-state index in [4.69, 9.17) is 4.74 Å². The van der Waals surface area contributed by atoms with Crippen molar-refractivity contribution in [2.45, 2.75) is 39.5 Å². The fourth-order valence-corrected chi connectivity index (χ4v) is 3.24. The summed E-state index contributed by atoms with van der Waals surface area (Å²) in [5, 5.41) is 6.99. The molecule has 130 valence electrons. The van der Waals surface area contributed by atoms with Crippen LogP contribution in [0.4, 0.5) is 0 Å². The van der Waals surface area contributed by atoms with Crippen molar-refractivity contribution in [3.63, 3.8) is 0 Å². The van der Waals surface area contributed by atoms with Crippen molar-refractivity contribution < 1.29 is 4.74 Å². The van der Waals surface area contributed by atoms with Gasteiger partial charge in [-0.15, -0.1) is 0 Å². The summed E-state index contributed by atoms with van der Waals surface area (Å²) in [6.45, 7) is 8.36. The van der Waals surface area contributed by atoms with Crippen LogP contribution in [0, 0.1) is 10.8 Å². The van der Waals surface area contributed by atoms with Crippen LogP contribution in [0.5, 0.6) is 0 Å². The van der Waals surface area contributed by atoms with E-state index in [9.17, 15) is 0 Å². The van der Waals surface area contributed by atoms with Crippen LogP contribution < -0.4 is 10.6 Å². The highest BCUT2D eigenvalue weighted by Gasteiger charge is 2.36. The Morgan fingerprint density at radius 3 is 2.41 bits per heavy atom. The Balaban J connectivity index is 2.39. The number of hydrogen-bond donors (Lipinski definition) is 2. The molecule has 0 aromatic rings. The van der Waals surface area contributed by atoms with Gasteiger partial charge in [0.15, 0.2) is 5.96 Å². The lowest BCUT2D eigenvalue weighted by atomic mass is 9.67. The largest absolute Gasteiger partial charge is 0.385 e. The van der Waals surface area contributed by atoms with E-state index in [-0.39, 0.29) is 5.41 Å². The topological polar surface area (TPSA) is 48.9 Å². The van der Waals surface area contributed by atoms with Crippen LogP contribution in [-0.4, -0.2) is 65.4 Å². The third-order valence-electron chi connectivity index (χ3n) is 4.58. The van der Waals surface area contributed by atoms with Crippen LogP contribution in [0.2, 0.25) is 0 Å². The van der Waals surface area contributed by atoms with E-state index in [1.807, 2.05) is 7.05 Å². The first-order chi connectivity index (χ1) is 10.3. The predicted octanol–water partition coefficient (Wildman–Crippen LogP) is 1.95. The summed E-state index contributed by atoms with van der Waals surface area (Å²) in [5.41, 5.74) is 0.623. The average Bonchev–Trinajstić information content (AvgIpc) is 2.38. The van der Waals surface area contributed by atoms with Crippen molar-refractivity contribution in [3.8, 4) is 0 Å². The highest BCUT2D eigenvalue weighted by Crippen LogP contribution is 2.43. The summed E-state index contributed by atoms with van der Waals surface area (Å²) in [4.78, 5) is 6.59. The van der Waals surface area contributed by atoms with Crippen LogP contribution in [-0.2, 0) is 4.74 Å². The molecule has 0 amide bonds. The molecule has 0 heterocycles. The molecule has 0 radical (unpaired) electrons. The lowest BCUT2D eigenvalue weighted by Gasteiger charge is -2.42. The second-order valence-corrected chi connectivity index (χ2v) is 7.78. The Labute approximate surface area is 136 Å². The molecular formula is C17H36N4O. The Hall–Kier alpha value is -0.810. The zero-order valence-electron chi connectivity index (χ0n) is 15.5. The van der Waals surface area contributed by atoms with Gasteiger partial charge in [-0.1, -0.05) is 20.3 Å². The van der Waals surface area contributed by atoms with E-state index in [0.717, 1.165) is 38.6 Å². The number of rotatable bonds is 9. The molecule has 0 aromatic heterocycles. The minimum Gasteiger partial charge on any atom is -0.385 e. The quantitative estimate of drug-likeness (QED) is 0.505. The highest BCUT2D eigenvalue weighted by atomic mass is 16.5. The maximum absolute atomic E-state index is 5.26. The molecule has 1 rings (SSSR count). The van der Waals surface area contributed by atoms with Gasteiger partial charge >= 0.3 is 0 Å². The number of ether oxygens (including phenoxy) is 1. The summed E-state index contributed by atoms with van der Waals surface area (Å²) in [5.74, 6) is 0.913. The minimum atomic E-state index is 0.214. The SMILES string of the molecule is CN=C(NCC(C)(C)CN(C)C)NCC1(CCOC)CCC1. The van der Waals surface area contributed by atoms with Crippen molar-refractivity contribution >= 4 is 5.96 Å². The van der Waals surface area contributed by atoms with E-state index in [2.05, 4.69) is 48.5 Å². The van der Waals surface area contributed by atoms with Crippen molar-refractivity contribution in [1.29, 1.82) is 0 Å². The number of aliphatic imine (C=N–C) groups is 1. The van der Waals surface area contributed by atoms with Crippen LogP contribution in [0.1, 0.15) is 39.5 Å². The van der Waals surface area contributed by atoms with Gasteiger partial charge in [-0.05, 0) is 44.2 Å². The smallest absolute Gasteiger partial charge is 0.191 e. The highest BCUT2D eigenvalue weighted by molar-refractivity contribution is 5.79. The van der Waals surface area contributed by atoms with Gasteiger partial charge in [-0.3, -0.25) is 4.99 Å². The van der Waals surface area contributed by atoms with Crippen molar-refractivity contribution in [2.75, 3.05) is 54.5 Å². The van der Waals surface area contributed by atoms with E-state index < -0.39 is 0 Å². The molecule has 1 aliphatic carbocycles. The fourth-order valence-electron chi connectivity index (χ4n) is 3.24. The standard InChI is InChI=1S/C17H36N4O/c1-16(2,14-21(4)5)12-19-15(18-3)20-13-17(8-7-9-17)10-11-22-6/h7-14H2,1-6H3,(H2,18,19,20). The van der Waals surface area contributed by atoms with Gasteiger partial charge in [0.1, 0.15) is 0 Å². The number of nitrogens with zero attached hydrogens (tertiary/aromatic N) is 2. The number of guanidine groups is 1. The third kappa shape index (κ3) is 6.53. The maximum atomic E-state index is 5.26. The van der Waals surface area contributed by atoms with Gasteiger partial charge in [0.05, 0.1) is 0 Å². The molecule has 0 saturated heterocycles. The fraction of sp³-hybridized carbons (Fsp3) is 0.941. The van der Waals surface area contributed by atoms with Crippen LogP contribution >= 0.6 is 0 Å². The van der Waals surface area contributed by atoms with Crippen molar-refractivity contribution in [3.05, 3.63) is 0 Å². The first kappa shape index (κ1) is 19.2. The predicted molar refractivity (Wildman–Crippen MR) is 94.5 cm³/mol. The molecule has 0 bridgehead atoms. The molecule has 0 unspecified atom stereocenters. The van der Waals surface area contributed by atoms with Crippen LogP contribution in [0.15, 0.2) is 4.99 Å². The first-order valence-corrected chi connectivity index (χ1v) is 8.41. The van der Waals surface area contributed by atoms with E-state index in [1.54, 1.807) is 7.11 Å². The zero-order chi connectivity index (χ0) is 16.6. The minimum absolute atomic E-state index is 0.214. The summed E-state index contributed by atoms with van der Waals surface area (Å²) in [7, 11) is 7.86. The lowest BCUT2D eigenvalue weighted by molar-refractivity contribution is 0.0732. The second-order valence-electron chi connectivity index (χ2n) is 7.78. The number of hydrogen-bond acceptors (Lipinski definition) is 3. The molecule has 2 N–H and O–H groups in total. The van der Waals surface area contributed by atoms with Crippen molar-refractivity contribution in [1.82, 2.24) is 15.5 Å². The molecule has 1 fully saturated rings. The third-order valence-corrected chi connectivity index (χ3v) is 4.58. The van der Waals surface area contributed by atoms with Crippen molar-refractivity contribution in [2.24, 2.45) is 15.8 Å². The Kier molecular flexibility index (Phi) is 7.63. The summed E-state index contributed by atoms with van der Waals surface area (Å²) < 4.78 is 5.26. The van der Waals surface area contributed by atoms with E-state index in [1.165, 1.54) is 19.3 Å². The summed E-state index contributed by atoms with van der Waals surface area (Å²) in [6.07, 6.45) is 5.08. The van der Waals surface area contributed by atoms with Gasteiger partial charge in [0, 0.05) is 40.4 Å². The summed E-state index contributed by atoms with van der Waals surface area (Å²) >= 11 is 0. The maximum Gasteiger partial charge on any atom is 0.191 e. The van der Waals surface area contributed by atoms with E-state index >= 15 is 0 Å². The molecular weight excluding hydrogens is 276 g/mol. The van der Waals surface area contributed by atoms with E-state index in [0.29, 0.717) is 5.41 Å². The van der Waals surface area contributed by atoms with Gasteiger partial charge < -0.3 is 20.3 Å². The molecule has 5 heteroatoms. The van der Waals surface area contributed by atoms with Gasteiger partial charge in [0.2, 0.25) is 0 Å². The monoisotopic (exact) mass is 312 g/mol. The molecule has 22 heavy (non-hydrogen) atoms. The number of nitrogens with one attached hydrogen (secondary N) is 2. The molecule has 0 spiro atoms. The molecule has 1 saturated carbocycles. The number of methoxy groups -OCH3 is 1. The Bertz CT molecular complexity index is 349. The molecule has 5 nitrogen and oxygen atoms in total. The zero-order valence-corrected chi connectivity index (χ0v) is 15.5. The summed E-state index contributed by atoms with van der Waals surface area (Å²) in [6, 6.07) is 0. The second kappa shape index (κ2) is 8.73. The lowest BCUT2D eigenvalue weighted by Crippen LogP contribution is -2.49. The first-order valence-electron chi connectivity index (χ1n) is 8.41.